The Hall–Kier alpha value is -2.63. The number of hydrogen-bond donors (Lipinski definition) is 0. The Balaban J connectivity index is 1.50. The second-order valence-corrected chi connectivity index (χ2v) is 7.24. The highest BCUT2D eigenvalue weighted by Gasteiger charge is 2.09. The van der Waals surface area contributed by atoms with Gasteiger partial charge in [0.15, 0.2) is 6.61 Å². The number of carbonyl (C=O) groups is 1. The Morgan fingerprint density at radius 2 is 1.96 bits per heavy atom. The van der Waals surface area contributed by atoms with E-state index in [9.17, 15) is 4.79 Å². The van der Waals surface area contributed by atoms with Crippen LogP contribution in [0.4, 0.5) is 0 Å². The molecule has 0 aliphatic carbocycles. The fraction of sp³-hybridized carbons (Fsp3) is 0.158. The third kappa shape index (κ3) is 5.18. The maximum atomic E-state index is 12.0. The summed E-state index contributed by atoms with van der Waals surface area (Å²) in [5.74, 6) is 5.91. The molecule has 2 aromatic carbocycles. The highest BCUT2D eigenvalue weighted by atomic mass is 79.9. The molecule has 0 N–H and O–H groups in total. The maximum absolute atomic E-state index is 12.0. The first-order valence-electron chi connectivity index (χ1n) is 8.01. The van der Waals surface area contributed by atoms with E-state index in [0.29, 0.717) is 16.5 Å². The van der Waals surface area contributed by atoms with Crippen molar-refractivity contribution in [2.45, 2.75) is 12.1 Å². The monoisotopic (exact) mass is 442 g/mol. The number of aromatic nitrogens is 4. The van der Waals surface area contributed by atoms with Crippen molar-refractivity contribution < 1.29 is 9.53 Å². The second kappa shape index (κ2) is 9.35. The van der Waals surface area contributed by atoms with Crippen molar-refractivity contribution in [3.63, 3.8) is 0 Å². The van der Waals surface area contributed by atoms with Crippen molar-refractivity contribution in [1.82, 2.24) is 20.2 Å². The molecule has 0 atom stereocenters. The highest BCUT2D eigenvalue weighted by Crippen LogP contribution is 2.19. The largest absolute Gasteiger partial charge is 0.449 e. The number of rotatable bonds is 5. The van der Waals surface area contributed by atoms with Gasteiger partial charge in [0.25, 0.3) is 0 Å². The van der Waals surface area contributed by atoms with Gasteiger partial charge in [0, 0.05) is 4.47 Å². The molecule has 1 heterocycles. The lowest BCUT2D eigenvalue weighted by Gasteiger charge is -2.03. The zero-order valence-corrected chi connectivity index (χ0v) is 16.8. The summed E-state index contributed by atoms with van der Waals surface area (Å²) in [7, 11) is 0. The molecule has 0 aliphatic rings. The summed E-state index contributed by atoms with van der Waals surface area (Å²) < 4.78 is 7.81. The number of carbonyl (C=O) groups excluding carboxylic acids is 1. The van der Waals surface area contributed by atoms with Gasteiger partial charge in [-0.1, -0.05) is 57.7 Å². The van der Waals surface area contributed by atoms with Crippen molar-refractivity contribution in [1.29, 1.82) is 0 Å². The predicted molar refractivity (Wildman–Crippen MR) is 107 cm³/mol. The minimum atomic E-state index is -0.366. The number of benzene rings is 2. The third-order valence-corrected chi connectivity index (χ3v) is 4.88. The van der Waals surface area contributed by atoms with Gasteiger partial charge < -0.3 is 4.74 Å². The minimum absolute atomic E-state index is 0.0470. The average molecular weight is 443 g/mol. The average Bonchev–Trinajstić information content (AvgIpc) is 3.14. The van der Waals surface area contributed by atoms with E-state index >= 15 is 0 Å². The van der Waals surface area contributed by atoms with Gasteiger partial charge in [-0.15, -0.1) is 5.10 Å². The van der Waals surface area contributed by atoms with Gasteiger partial charge in [-0.2, -0.15) is 4.68 Å². The van der Waals surface area contributed by atoms with Gasteiger partial charge in [0.1, 0.15) is 0 Å². The molecule has 8 heteroatoms. The summed E-state index contributed by atoms with van der Waals surface area (Å²) in [5, 5.41) is 12.4. The van der Waals surface area contributed by atoms with Crippen LogP contribution in [0.15, 0.2) is 58.2 Å². The van der Waals surface area contributed by atoms with Gasteiger partial charge in [-0.25, -0.2) is 4.79 Å². The molecule has 1 aromatic heterocycles. The SMILES string of the molecule is Cc1ccccc1C(=O)OCC#CCSc1nnnn1-c1ccc(Br)cc1. The molecule has 136 valence electrons. The molecular formula is C19H15BrN4O2S. The van der Waals surface area contributed by atoms with Gasteiger partial charge >= 0.3 is 5.97 Å². The van der Waals surface area contributed by atoms with Crippen molar-refractivity contribution in [2.75, 3.05) is 12.4 Å². The normalized spacial score (nSPS) is 10.1. The summed E-state index contributed by atoms with van der Waals surface area (Å²) in [6, 6.07) is 15.0. The first-order valence-corrected chi connectivity index (χ1v) is 9.78. The number of nitrogens with zero attached hydrogens (tertiary/aromatic N) is 4. The molecule has 3 aromatic rings. The van der Waals surface area contributed by atoms with Gasteiger partial charge in [0.05, 0.1) is 17.0 Å². The molecule has 0 amide bonds. The van der Waals surface area contributed by atoms with Crippen LogP contribution < -0.4 is 0 Å². The highest BCUT2D eigenvalue weighted by molar-refractivity contribution is 9.10. The Morgan fingerprint density at radius 1 is 1.19 bits per heavy atom. The number of aryl methyl sites for hydroxylation is 1. The van der Waals surface area contributed by atoms with E-state index in [4.69, 9.17) is 4.74 Å². The number of ether oxygens (including phenoxy) is 1. The Bertz CT molecular complexity index is 993. The Morgan fingerprint density at radius 3 is 2.74 bits per heavy atom. The number of hydrogen-bond acceptors (Lipinski definition) is 6. The summed E-state index contributed by atoms with van der Waals surface area (Å²) >= 11 is 4.81. The number of tetrazole rings is 1. The minimum Gasteiger partial charge on any atom is -0.449 e. The quantitative estimate of drug-likeness (QED) is 0.341. The van der Waals surface area contributed by atoms with E-state index in [0.717, 1.165) is 15.7 Å². The van der Waals surface area contributed by atoms with Crippen LogP contribution in [-0.2, 0) is 4.74 Å². The Kier molecular flexibility index (Phi) is 6.63. The van der Waals surface area contributed by atoms with E-state index in [1.807, 2.05) is 49.4 Å². The third-order valence-electron chi connectivity index (χ3n) is 3.55. The lowest BCUT2D eigenvalue weighted by molar-refractivity contribution is 0.0556. The van der Waals surface area contributed by atoms with Crippen molar-refractivity contribution in [3.05, 3.63) is 64.1 Å². The molecule has 0 radical (unpaired) electrons. The fourth-order valence-electron chi connectivity index (χ4n) is 2.20. The van der Waals surface area contributed by atoms with Crippen LogP contribution in [0, 0.1) is 18.8 Å². The van der Waals surface area contributed by atoms with Gasteiger partial charge in [-0.05, 0) is 53.2 Å². The van der Waals surface area contributed by atoms with Crippen LogP contribution in [-0.4, -0.2) is 38.5 Å². The first-order chi connectivity index (χ1) is 13.1. The lowest BCUT2D eigenvalue weighted by Crippen LogP contribution is -2.07. The standard InChI is InChI=1S/C19H15BrN4O2S/c1-14-6-2-3-7-17(14)18(25)26-12-4-5-13-27-19-21-22-23-24(19)16-10-8-15(20)9-11-16/h2-3,6-11H,12-13H2,1H3. The molecule has 0 aliphatic heterocycles. The van der Waals surface area contributed by atoms with Gasteiger partial charge in [-0.3, -0.25) is 0 Å². The van der Waals surface area contributed by atoms with Crippen LogP contribution in [0.25, 0.3) is 5.69 Å². The molecule has 3 rings (SSSR count). The number of halogens is 1. The summed E-state index contributed by atoms with van der Waals surface area (Å²) in [5.41, 5.74) is 2.30. The van der Waals surface area contributed by atoms with Crippen LogP contribution in [0.2, 0.25) is 0 Å². The second-order valence-electron chi connectivity index (χ2n) is 5.38. The molecule has 0 saturated carbocycles. The van der Waals surface area contributed by atoms with E-state index in [-0.39, 0.29) is 12.6 Å². The number of esters is 1. The molecular weight excluding hydrogens is 428 g/mol. The summed E-state index contributed by atoms with van der Waals surface area (Å²) in [6.07, 6.45) is 0. The van der Waals surface area contributed by atoms with Crippen LogP contribution in [0.3, 0.4) is 0 Å². The van der Waals surface area contributed by atoms with Crippen molar-refractivity contribution in [2.24, 2.45) is 0 Å². The van der Waals surface area contributed by atoms with Crippen LogP contribution in [0.1, 0.15) is 15.9 Å². The molecule has 0 saturated heterocycles. The van der Waals surface area contributed by atoms with Crippen molar-refractivity contribution >= 4 is 33.7 Å². The molecule has 0 fully saturated rings. The number of thioether (sulfide) groups is 1. The lowest BCUT2D eigenvalue weighted by atomic mass is 10.1. The summed E-state index contributed by atoms with van der Waals surface area (Å²) in [6.45, 7) is 1.92. The van der Waals surface area contributed by atoms with Gasteiger partial charge in [0.2, 0.25) is 5.16 Å². The fourth-order valence-corrected chi connectivity index (χ4v) is 3.12. The molecule has 0 spiro atoms. The molecule has 0 unspecified atom stereocenters. The Labute approximate surface area is 169 Å². The molecule has 27 heavy (non-hydrogen) atoms. The first kappa shape index (κ1) is 19.1. The smallest absolute Gasteiger partial charge is 0.339 e. The predicted octanol–water partition coefficient (Wildman–Crippen LogP) is 3.69. The summed E-state index contributed by atoms with van der Waals surface area (Å²) in [4.78, 5) is 12.0. The van der Waals surface area contributed by atoms with Crippen molar-refractivity contribution in [3.8, 4) is 17.5 Å². The molecule has 0 bridgehead atoms. The van der Waals surface area contributed by atoms with E-state index in [1.54, 1.807) is 10.7 Å². The molecule has 6 nitrogen and oxygen atoms in total. The topological polar surface area (TPSA) is 69.9 Å². The maximum Gasteiger partial charge on any atom is 0.339 e. The van der Waals surface area contributed by atoms with Crippen LogP contribution in [0.5, 0.6) is 0 Å². The zero-order chi connectivity index (χ0) is 19.1. The van der Waals surface area contributed by atoms with E-state index < -0.39 is 0 Å². The van der Waals surface area contributed by atoms with E-state index in [1.165, 1.54) is 11.8 Å². The van der Waals surface area contributed by atoms with E-state index in [2.05, 4.69) is 43.3 Å². The van der Waals surface area contributed by atoms with Crippen LogP contribution >= 0.6 is 27.7 Å². The zero-order valence-electron chi connectivity index (χ0n) is 14.4.